The second-order valence-corrected chi connectivity index (χ2v) is 13.9. The summed E-state index contributed by atoms with van der Waals surface area (Å²) in [7, 11) is 0. The van der Waals surface area contributed by atoms with Crippen LogP contribution in [-0.2, 0) is 9.78 Å². The monoisotopic (exact) mass is 456 g/mol. The standard InChI is InChI=1S/C29H44O4/c1-18-23-19-7-8-21-24(2)11-10-22(31)25(3,17-30)20(24)9-12-27(21,5)26(19,4)13-15-29(23)16-14-28(18,6)32-33-29/h7,20-22,30-31H,8-17H2,1-6H3/t20-,21-,22-,24+,25-,26-,27-,28-,29+/m1/s1. The van der Waals surface area contributed by atoms with E-state index in [2.05, 4.69) is 47.6 Å². The summed E-state index contributed by atoms with van der Waals surface area (Å²) in [6.07, 6.45) is 11.7. The van der Waals surface area contributed by atoms with Crippen molar-refractivity contribution in [3.8, 4) is 0 Å². The van der Waals surface area contributed by atoms with Crippen molar-refractivity contribution in [2.45, 2.75) is 117 Å². The molecule has 3 saturated carbocycles. The third-order valence-electron chi connectivity index (χ3n) is 12.9. The Labute approximate surface area is 199 Å². The number of rotatable bonds is 1. The Morgan fingerprint density at radius 2 is 1.64 bits per heavy atom. The van der Waals surface area contributed by atoms with Crippen molar-refractivity contribution >= 4 is 0 Å². The fourth-order valence-corrected chi connectivity index (χ4v) is 10.2. The van der Waals surface area contributed by atoms with Crippen molar-refractivity contribution in [3.05, 3.63) is 22.8 Å². The number of hydrogen-bond donors (Lipinski definition) is 2. The summed E-state index contributed by atoms with van der Waals surface area (Å²) in [4.78, 5) is 12.2. The van der Waals surface area contributed by atoms with Gasteiger partial charge in [0.1, 0.15) is 11.2 Å². The molecule has 0 aromatic heterocycles. The van der Waals surface area contributed by atoms with Gasteiger partial charge in [-0.15, -0.1) is 0 Å². The Hall–Kier alpha value is -0.680. The van der Waals surface area contributed by atoms with Crippen molar-refractivity contribution < 1.29 is 20.0 Å². The maximum atomic E-state index is 10.9. The molecule has 0 unspecified atom stereocenters. The van der Waals surface area contributed by atoms with Crippen LogP contribution in [0.4, 0.5) is 0 Å². The van der Waals surface area contributed by atoms with Crippen LogP contribution in [-0.4, -0.2) is 34.1 Å². The Morgan fingerprint density at radius 1 is 0.909 bits per heavy atom. The summed E-state index contributed by atoms with van der Waals surface area (Å²) < 4.78 is 0. The van der Waals surface area contributed by atoms with Gasteiger partial charge in [0.05, 0.1) is 12.7 Å². The fourth-order valence-electron chi connectivity index (χ4n) is 10.2. The maximum Gasteiger partial charge on any atom is 0.129 e. The Bertz CT molecular complexity index is 941. The molecule has 33 heavy (non-hydrogen) atoms. The zero-order valence-corrected chi connectivity index (χ0v) is 21.6. The number of aliphatic hydroxyl groups is 2. The zero-order chi connectivity index (χ0) is 23.7. The van der Waals surface area contributed by atoms with E-state index in [1.807, 2.05) is 0 Å². The minimum absolute atomic E-state index is 0.0841. The van der Waals surface area contributed by atoms with Crippen LogP contribution in [0.3, 0.4) is 0 Å². The van der Waals surface area contributed by atoms with Gasteiger partial charge in [0, 0.05) is 5.41 Å². The molecule has 1 saturated heterocycles. The molecule has 5 aliphatic carbocycles. The van der Waals surface area contributed by atoms with Crippen LogP contribution in [0.1, 0.15) is 99.3 Å². The first-order valence-electron chi connectivity index (χ1n) is 13.5. The van der Waals surface area contributed by atoms with Crippen molar-refractivity contribution in [2.24, 2.45) is 33.5 Å². The van der Waals surface area contributed by atoms with Crippen LogP contribution in [0, 0.1) is 33.5 Å². The largest absolute Gasteiger partial charge is 0.396 e. The minimum Gasteiger partial charge on any atom is -0.396 e. The van der Waals surface area contributed by atoms with E-state index in [1.165, 1.54) is 17.6 Å². The number of hydrogen-bond acceptors (Lipinski definition) is 4. The first kappa shape index (κ1) is 22.8. The molecule has 4 heteroatoms. The molecule has 0 aromatic rings. The highest BCUT2D eigenvalue weighted by atomic mass is 17.2. The summed E-state index contributed by atoms with van der Waals surface area (Å²) in [5, 5.41) is 21.3. The second-order valence-electron chi connectivity index (χ2n) is 13.9. The SMILES string of the molecule is CC1=C2C3=CC[C@@H]4[C@@]5(C)CC[C@@H](O)[C@](C)(CO)[C@@H]5CC[C@@]4(C)[C@]3(C)CC[C@]23CC[C@@]1(C)OO3. The first-order valence-corrected chi connectivity index (χ1v) is 13.5. The molecule has 4 nitrogen and oxygen atoms in total. The molecule has 0 radical (unpaired) electrons. The van der Waals surface area contributed by atoms with Crippen LogP contribution < -0.4 is 0 Å². The van der Waals surface area contributed by atoms with Crippen LogP contribution in [0.25, 0.3) is 0 Å². The predicted molar refractivity (Wildman–Crippen MR) is 128 cm³/mol. The van der Waals surface area contributed by atoms with E-state index >= 15 is 0 Å². The van der Waals surface area contributed by atoms with Crippen molar-refractivity contribution in [1.29, 1.82) is 0 Å². The lowest BCUT2D eigenvalue weighted by Crippen LogP contribution is -2.66. The van der Waals surface area contributed by atoms with Gasteiger partial charge in [-0.05, 0) is 116 Å². The molecule has 0 aromatic carbocycles. The molecule has 2 heterocycles. The molecule has 1 spiro atoms. The van der Waals surface area contributed by atoms with Crippen LogP contribution in [0.2, 0.25) is 0 Å². The molecule has 184 valence electrons. The summed E-state index contributed by atoms with van der Waals surface area (Å²) >= 11 is 0. The molecule has 2 N–H and O–H groups in total. The van der Waals surface area contributed by atoms with Gasteiger partial charge in [-0.2, -0.15) is 0 Å². The molecule has 4 fully saturated rings. The van der Waals surface area contributed by atoms with Crippen LogP contribution in [0.15, 0.2) is 22.8 Å². The number of fused-ring (bicyclic) bond motifs is 7. The van der Waals surface area contributed by atoms with Crippen molar-refractivity contribution in [2.75, 3.05) is 6.61 Å². The van der Waals surface area contributed by atoms with E-state index in [4.69, 9.17) is 9.78 Å². The summed E-state index contributed by atoms with van der Waals surface area (Å²) in [6, 6.07) is 0. The quantitative estimate of drug-likeness (QED) is 0.484. The predicted octanol–water partition coefficient (Wildman–Crippen LogP) is 5.88. The summed E-state index contributed by atoms with van der Waals surface area (Å²) in [5.41, 5.74) is 3.96. The van der Waals surface area contributed by atoms with Gasteiger partial charge in [-0.25, -0.2) is 9.78 Å². The van der Waals surface area contributed by atoms with E-state index in [1.54, 1.807) is 5.57 Å². The van der Waals surface area contributed by atoms with Gasteiger partial charge < -0.3 is 10.2 Å². The zero-order valence-electron chi connectivity index (χ0n) is 21.6. The molecule has 0 amide bonds. The third-order valence-corrected chi connectivity index (χ3v) is 12.9. The van der Waals surface area contributed by atoms with E-state index in [0.29, 0.717) is 11.8 Å². The molecular weight excluding hydrogens is 412 g/mol. The number of allylic oxidation sites excluding steroid dienone is 1. The van der Waals surface area contributed by atoms with Crippen molar-refractivity contribution in [3.63, 3.8) is 0 Å². The average Bonchev–Trinajstić information content (AvgIpc) is 2.79. The molecule has 7 aliphatic rings. The lowest BCUT2D eigenvalue weighted by Gasteiger charge is -2.71. The Morgan fingerprint density at radius 3 is 2.30 bits per heavy atom. The Balaban J connectivity index is 1.48. The molecule has 2 bridgehead atoms. The maximum absolute atomic E-state index is 10.9. The van der Waals surface area contributed by atoms with Gasteiger partial charge >= 0.3 is 0 Å². The third kappa shape index (κ3) is 2.43. The highest BCUT2D eigenvalue weighted by Crippen LogP contribution is 2.75. The molecule has 7 rings (SSSR count). The average molecular weight is 457 g/mol. The smallest absolute Gasteiger partial charge is 0.129 e. The summed E-state index contributed by atoms with van der Waals surface area (Å²) in [5.74, 6) is 0.937. The van der Waals surface area contributed by atoms with E-state index < -0.39 is 11.5 Å². The van der Waals surface area contributed by atoms with E-state index in [0.717, 1.165) is 51.4 Å². The van der Waals surface area contributed by atoms with Crippen molar-refractivity contribution in [1.82, 2.24) is 0 Å². The van der Waals surface area contributed by atoms with Gasteiger partial charge in [0.15, 0.2) is 0 Å². The highest BCUT2D eigenvalue weighted by Gasteiger charge is 2.69. The second kappa shape index (κ2) is 6.55. The van der Waals surface area contributed by atoms with E-state index in [-0.39, 0.29) is 34.1 Å². The van der Waals surface area contributed by atoms with Gasteiger partial charge in [-0.1, -0.05) is 33.8 Å². The Kier molecular flexibility index (Phi) is 4.52. The molecule has 2 aliphatic heterocycles. The van der Waals surface area contributed by atoms with Gasteiger partial charge in [-0.3, -0.25) is 0 Å². The highest BCUT2D eigenvalue weighted by molar-refractivity contribution is 5.54. The van der Waals surface area contributed by atoms with Gasteiger partial charge in [0.2, 0.25) is 0 Å². The van der Waals surface area contributed by atoms with Crippen LogP contribution >= 0.6 is 0 Å². The minimum atomic E-state index is -0.395. The molecular formula is C29H44O4. The fraction of sp³-hybridized carbons (Fsp3) is 0.862. The number of aliphatic hydroxyl groups excluding tert-OH is 2. The van der Waals surface area contributed by atoms with Gasteiger partial charge in [0.25, 0.3) is 0 Å². The lowest BCUT2D eigenvalue weighted by atomic mass is 9.35. The topological polar surface area (TPSA) is 58.9 Å². The molecule has 9 atom stereocenters. The first-order chi connectivity index (χ1) is 15.4. The van der Waals surface area contributed by atoms with Crippen LogP contribution in [0.5, 0.6) is 0 Å². The van der Waals surface area contributed by atoms with E-state index in [9.17, 15) is 10.2 Å². The normalized spacial score (nSPS) is 57.6. The lowest BCUT2D eigenvalue weighted by molar-refractivity contribution is -0.433. The summed E-state index contributed by atoms with van der Waals surface area (Å²) in [6.45, 7) is 14.4.